The second-order valence-corrected chi connectivity index (χ2v) is 3.57. The predicted molar refractivity (Wildman–Crippen MR) is 40.0 cm³/mol. The van der Waals surface area contributed by atoms with Crippen LogP contribution in [0.25, 0.3) is 0 Å². The van der Waals surface area contributed by atoms with Gasteiger partial charge in [-0.25, -0.2) is 4.68 Å². The fourth-order valence-corrected chi connectivity index (χ4v) is 0.842. The number of halogens is 2. The first-order chi connectivity index (χ1) is 4.91. The minimum Gasteiger partial charge on any atom is -0.215 e. The first-order valence-electron chi connectivity index (χ1n) is 3.20. The first kappa shape index (κ1) is 8.46. The van der Waals surface area contributed by atoms with Crippen molar-refractivity contribution < 1.29 is 4.39 Å². The summed E-state index contributed by atoms with van der Waals surface area (Å²) in [6.45, 7) is 5.46. The summed E-state index contributed by atoms with van der Waals surface area (Å²) in [5.74, 6) is 0. The molecule has 0 amide bonds. The Kier molecular flexibility index (Phi) is 1.88. The summed E-state index contributed by atoms with van der Waals surface area (Å²) in [7, 11) is 0. The summed E-state index contributed by atoms with van der Waals surface area (Å²) in [4.78, 5) is 3.33. The van der Waals surface area contributed by atoms with E-state index < -0.39 is 11.6 Å². The Labute approximate surface area is 69.2 Å². The van der Waals surface area contributed by atoms with Crippen molar-refractivity contribution in [3.63, 3.8) is 0 Å². The maximum Gasteiger partial charge on any atom is 0.308 e. The molecule has 0 bridgehead atoms. The molecule has 0 aliphatic heterocycles. The smallest absolute Gasteiger partial charge is 0.215 e. The van der Waals surface area contributed by atoms with Crippen LogP contribution in [0.5, 0.6) is 0 Å². The molecular weight excluding hydrogens is 169 g/mol. The van der Waals surface area contributed by atoms with Crippen molar-refractivity contribution >= 4 is 11.6 Å². The number of rotatable bonds is 0. The predicted octanol–water partition coefficient (Wildman–Crippen LogP) is 1.83. The third-order valence-corrected chi connectivity index (χ3v) is 1.34. The largest absolute Gasteiger partial charge is 0.308 e. The molecule has 0 N–H and O–H groups in total. The molecular formula is C6H9ClFN3. The van der Waals surface area contributed by atoms with Crippen LogP contribution in [0.2, 0.25) is 5.28 Å². The van der Waals surface area contributed by atoms with Crippen molar-refractivity contribution in [3.05, 3.63) is 11.4 Å². The Morgan fingerprint density at radius 2 is 2.00 bits per heavy atom. The average Bonchev–Trinajstić information content (AvgIpc) is 2.08. The molecule has 0 radical (unpaired) electrons. The van der Waals surface area contributed by atoms with Gasteiger partial charge in [0, 0.05) is 0 Å². The highest BCUT2D eigenvalue weighted by Crippen LogP contribution is 2.15. The van der Waals surface area contributed by atoms with Gasteiger partial charge in [-0.15, -0.1) is 5.10 Å². The van der Waals surface area contributed by atoms with Gasteiger partial charge < -0.3 is 0 Å². The molecule has 0 aliphatic rings. The van der Waals surface area contributed by atoms with Crippen LogP contribution in [-0.4, -0.2) is 14.8 Å². The Hall–Kier alpha value is -0.640. The summed E-state index contributed by atoms with van der Waals surface area (Å²) in [6.07, 6.45) is -0.650. The zero-order valence-electron chi connectivity index (χ0n) is 6.60. The number of aromatic nitrogens is 3. The van der Waals surface area contributed by atoms with Gasteiger partial charge in [0.25, 0.3) is 0 Å². The number of nitrogens with zero attached hydrogens (tertiary/aromatic N) is 3. The molecule has 0 atom stereocenters. The lowest BCUT2D eigenvalue weighted by molar-refractivity contribution is 0.292. The van der Waals surface area contributed by atoms with E-state index in [0.717, 1.165) is 4.68 Å². The topological polar surface area (TPSA) is 30.7 Å². The summed E-state index contributed by atoms with van der Waals surface area (Å²) in [5, 5.41) is 3.62. The second-order valence-electron chi connectivity index (χ2n) is 3.23. The van der Waals surface area contributed by atoms with Gasteiger partial charge in [-0.2, -0.15) is 9.37 Å². The molecule has 0 saturated carbocycles. The van der Waals surface area contributed by atoms with Crippen molar-refractivity contribution in [2.45, 2.75) is 26.3 Å². The summed E-state index contributed by atoms with van der Waals surface area (Å²) in [6, 6.07) is 0. The van der Waals surface area contributed by atoms with E-state index in [9.17, 15) is 4.39 Å². The lowest BCUT2D eigenvalue weighted by Crippen LogP contribution is -2.24. The van der Waals surface area contributed by atoms with Gasteiger partial charge in [0.2, 0.25) is 5.28 Å². The molecule has 5 heteroatoms. The molecule has 0 fully saturated rings. The van der Waals surface area contributed by atoms with Crippen molar-refractivity contribution in [3.8, 4) is 0 Å². The van der Waals surface area contributed by atoms with Crippen LogP contribution in [0.15, 0.2) is 0 Å². The fourth-order valence-electron chi connectivity index (χ4n) is 0.696. The van der Waals surface area contributed by atoms with Gasteiger partial charge in [0.1, 0.15) is 0 Å². The monoisotopic (exact) mass is 177 g/mol. The SMILES string of the molecule is CC(C)(C)n1nc(Cl)nc1F. The Bertz CT molecular complexity index is 263. The first-order valence-corrected chi connectivity index (χ1v) is 3.57. The average molecular weight is 178 g/mol. The molecule has 0 aromatic carbocycles. The summed E-state index contributed by atoms with van der Waals surface area (Å²) >= 11 is 5.39. The van der Waals surface area contributed by atoms with Crippen molar-refractivity contribution in [2.24, 2.45) is 0 Å². The van der Waals surface area contributed by atoms with Crippen LogP contribution < -0.4 is 0 Å². The third-order valence-electron chi connectivity index (χ3n) is 1.18. The molecule has 0 unspecified atom stereocenters. The van der Waals surface area contributed by atoms with Gasteiger partial charge in [-0.05, 0) is 32.4 Å². The Morgan fingerprint density at radius 1 is 1.45 bits per heavy atom. The fraction of sp³-hybridized carbons (Fsp3) is 0.667. The highest BCUT2D eigenvalue weighted by atomic mass is 35.5. The van der Waals surface area contributed by atoms with Gasteiger partial charge >= 0.3 is 6.08 Å². The van der Waals surface area contributed by atoms with Gasteiger partial charge in [0.15, 0.2) is 0 Å². The van der Waals surface area contributed by atoms with Crippen LogP contribution >= 0.6 is 11.6 Å². The van der Waals surface area contributed by atoms with E-state index in [2.05, 4.69) is 10.1 Å². The van der Waals surface area contributed by atoms with Gasteiger partial charge in [-0.3, -0.25) is 0 Å². The zero-order valence-corrected chi connectivity index (χ0v) is 7.35. The normalized spacial score (nSPS) is 12.1. The molecule has 0 aliphatic carbocycles. The number of hydrogen-bond donors (Lipinski definition) is 0. The van der Waals surface area contributed by atoms with Crippen molar-refractivity contribution in [2.75, 3.05) is 0 Å². The van der Waals surface area contributed by atoms with Crippen LogP contribution in [-0.2, 0) is 5.54 Å². The van der Waals surface area contributed by atoms with Crippen LogP contribution in [0.4, 0.5) is 4.39 Å². The quantitative estimate of drug-likeness (QED) is 0.605. The van der Waals surface area contributed by atoms with Crippen LogP contribution in [0.3, 0.4) is 0 Å². The van der Waals surface area contributed by atoms with E-state index >= 15 is 0 Å². The van der Waals surface area contributed by atoms with E-state index in [0.29, 0.717) is 0 Å². The molecule has 1 aromatic rings. The summed E-state index contributed by atoms with van der Waals surface area (Å²) < 4.78 is 14.0. The van der Waals surface area contributed by atoms with E-state index in [1.807, 2.05) is 20.8 Å². The molecule has 3 nitrogen and oxygen atoms in total. The maximum atomic E-state index is 12.8. The Morgan fingerprint density at radius 3 is 2.18 bits per heavy atom. The summed E-state index contributed by atoms with van der Waals surface area (Å²) in [5.41, 5.74) is -0.412. The third kappa shape index (κ3) is 1.68. The minimum absolute atomic E-state index is 0.0579. The van der Waals surface area contributed by atoms with Crippen LogP contribution in [0.1, 0.15) is 20.8 Å². The molecule has 0 saturated heterocycles. The second kappa shape index (κ2) is 2.44. The molecule has 1 heterocycles. The Balaban J connectivity index is 3.13. The lowest BCUT2D eigenvalue weighted by atomic mass is 10.1. The van der Waals surface area contributed by atoms with E-state index in [4.69, 9.17) is 11.6 Å². The maximum absolute atomic E-state index is 12.8. The molecule has 11 heavy (non-hydrogen) atoms. The standard InChI is InChI=1S/C6H9ClFN3/c1-6(2,3)11-5(8)9-4(7)10-11/h1-3H3. The molecule has 62 valence electrons. The zero-order chi connectivity index (χ0) is 8.65. The minimum atomic E-state index is -0.650. The van der Waals surface area contributed by atoms with Crippen molar-refractivity contribution in [1.29, 1.82) is 0 Å². The van der Waals surface area contributed by atoms with E-state index in [-0.39, 0.29) is 5.28 Å². The number of hydrogen-bond acceptors (Lipinski definition) is 2. The van der Waals surface area contributed by atoms with Gasteiger partial charge in [-0.1, -0.05) is 0 Å². The van der Waals surface area contributed by atoms with Crippen molar-refractivity contribution in [1.82, 2.24) is 14.8 Å². The lowest BCUT2D eigenvalue weighted by Gasteiger charge is -2.17. The van der Waals surface area contributed by atoms with E-state index in [1.54, 1.807) is 0 Å². The molecule has 1 aromatic heterocycles. The van der Waals surface area contributed by atoms with E-state index in [1.165, 1.54) is 0 Å². The highest BCUT2D eigenvalue weighted by molar-refractivity contribution is 6.28. The molecule has 0 spiro atoms. The molecule has 1 rings (SSSR count). The van der Waals surface area contributed by atoms with Gasteiger partial charge in [0.05, 0.1) is 5.54 Å². The highest BCUT2D eigenvalue weighted by Gasteiger charge is 2.19. The van der Waals surface area contributed by atoms with Crippen LogP contribution in [0, 0.1) is 6.08 Å².